The first-order valence-electron chi connectivity index (χ1n) is 7.15. The second-order valence-corrected chi connectivity index (χ2v) is 5.04. The molecule has 0 saturated carbocycles. The Morgan fingerprint density at radius 3 is 2.50 bits per heavy atom. The Bertz CT molecular complexity index is 158. The standard InChI is InChI=1S/C14H29NO/c1-4-12(5-2)10-13(15-6-3)11-14-8-7-9-16-14/h12-15H,4-11H2,1-3H3. The summed E-state index contributed by atoms with van der Waals surface area (Å²) in [6.07, 6.45) is 8.21. The average Bonchev–Trinajstić information content (AvgIpc) is 2.78. The molecule has 2 nitrogen and oxygen atoms in total. The summed E-state index contributed by atoms with van der Waals surface area (Å²) in [5, 5.41) is 3.63. The molecule has 0 spiro atoms. The molecule has 1 fully saturated rings. The SMILES string of the molecule is CCNC(CC(CC)CC)CC1CCCO1. The lowest BCUT2D eigenvalue weighted by Gasteiger charge is -2.25. The van der Waals surface area contributed by atoms with Crippen LogP contribution in [0.4, 0.5) is 0 Å². The third-order valence-electron chi connectivity index (χ3n) is 3.84. The van der Waals surface area contributed by atoms with Gasteiger partial charge in [-0.2, -0.15) is 0 Å². The molecule has 16 heavy (non-hydrogen) atoms. The molecule has 0 aromatic heterocycles. The van der Waals surface area contributed by atoms with E-state index in [1.165, 1.54) is 38.5 Å². The van der Waals surface area contributed by atoms with E-state index in [2.05, 4.69) is 26.1 Å². The van der Waals surface area contributed by atoms with E-state index in [-0.39, 0.29) is 0 Å². The molecule has 0 radical (unpaired) electrons. The van der Waals surface area contributed by atoms with Crippen molar-refractivity contribution in [2.75, 3.05) is 13.2 Å². The van der Waals surface area contributed by atoms with E-state index in [1.807, 2.05) is 0 Å². The van der Waals surface area contributed by atoms with Gasteiger partial charge in [-0.3, -0.25) is 0 Å². The Kier molecular flexibility index (Phi) is 7.06. The van der Waals surface area contributed by atoms with E-state index >= 15 is 0 Å². The van der Waals surface area contributed by atoms with Gasteiger partial charge in [-0.05, 0) is 38.1 Å². The lowest BCUT2D eigenvalue weighted by Crippen LogP contribution is -2.34. The summed E-state index contributed by atoms with van der Waals surface area (Å²) < 4.78 is 5.74. The van der Waals surface area contributed by atoms with Gasteiger partial charge in [0.25, 0.3) is 0 Å². The first-order chi connectivity index (χ1) is 7.80. The molecule has 0 aromatic carbocycles. The van der Waals surface area contributed by atoms with Crippen molar-refractivity contribution in [3.8, 4) is 0 Å². The predicted molar refractivity (Wildman–Crippen MR) is 69.7 cm³/mol. The summed E-state index contributed by atoms with van der Waals surface area (Å²) in [7, 11) is 0. The molecule has 0 bridgehead atoms. The molecule has 2 atom stereocenters. The molecule has 1 N–H and O–H groups in total. The van der Waals surface area contributed by atoms with Gasteiger partial charge in [0.15, 0.2) is 0 Å². The smallest absolute Gasteiger partial charge is 0.0590 e. The highest BCUT2D eigenvalue weighted by Crippen LogP contribution is 2.22. The Hall–Kier alpha value is -0.0800. The summed E-state index contributed by atoms with van der Waals surface area (Å²) in [6, 6.07) is 0.665. The molecule has 96 valence electrons. The van der Waals surface area contributed by atoms with E-state index < -0.39 is 0 Å². The van der Waals surface area contributed by atoms with E-state index in [9.17, 15) is 0 Å². The van der Waals surface area contributed by atoms with Crippen LogP contribution in [0.3, 0.4) is 0 Å². The van der Waals surface area contributed by atoms with Gasteiger partial charge in [-0.1, -0.05) is 33.6 Å². The molecule has 1 aliphatic heterocycles. The van der Waals surface area contributed by atoms with Crippen molar-refractivity contribution in [3.63, 3.8) is 0 Å². The highest BCUT2D eigenvalue weighted by Gasteiger charge is 2.21. The van der Waals surface area contributed by atoms with Crippen LogP contribution in [0.5, 0.6) is 0 Å². The molecule has 1 rings (SSSR count). The van der Waals surface area contributed by atoms with Gasteiger partial charge >= 0.3 is 0 Å². The van der Waals surface area contributed by atoms with Crippen LogP contribution in [0.2, 0.25) is 0 Å². The van der Waals surface area contributed by atoms with Crippen molar-refractivity contribution >= 4 is 0 Å². The fourth-order valence-electron chi connectivity index (χ4n) is 2.72. The second kappa shape index (κ2) is 8.08. The van der Waals surface area contributed by atoms with Crippen LogP contribution in [-0.2, 0) is 4.74 Å². The van der Waals surface area contributed by atoms with Crippen LogP contribution in [-0.4, -0.2) is 25.3 Å². The van der Waals surface area contributed by atoms with Gasteiger partial charge in [0.1, 0.15) is 0 Å². The highest BCUT2D eigenvalue weighted by molar-refractivity contribution is 4.77. The minimum atomic E-state index is 0.526. The van der Waals surface area contributed by atoms with Crippen LogP contribution in [0.25, 0.3) is 0 Å². The van der Waals surface area contributed by atoms with Crippen molar-refractivity contribution in [3.05, 3.63) is 0 Å². The van der Waals surface area contributed by atoms with E-state index in [4.69, 9.17) is 4.74 Å². The first-order valence-corrected chi connectivity index (χ1v) is 7.15. The third-order valence-corrected chi connectivity index (χ3v) is 3.84. The summed E-state index contributed by atoms with van der Waals surface area (Å²) >= 11 is 0. The first kappa shape index (κ1) is 14.0. The number of rotatable bonds is 8. The molecule has 0 aliphatic carbocycles. The van der Waals surface area contributed by atoms with Gasteiger partial charge in [-0.25, -0.2) is 0 Å². The van der Waals surface area contributed by atoms with Crippen molar-refractivity contribution in [1.82, 2.24) is 5.32 Å². The Balaban J connectivity index is 2.32. The molecule has 2 heteroatoms. The fourth-order valence-corrected chi connectivity index (χ4v) is 2.72. The lowest BCUT2D eigenvalue weighted by atomic mass is 9.91. The monoisotopic (exact) mass is 227 g/mol. The Labute approximate surface area is 101 Å². The highest BCUT2D eigenvalue weighted by atomic mass is 16.5. The summed E-state index contributed by atoms with van der Waals surface area (Å²) in [5.74, 6) is 0.880. The Morgan fingerprint density at radius 2 is 2.00 bits per heavy atom. The topological polar surface area (TPSA) is 21.3 Å². The van der Waals surface area contributed by atoms with Crippen molar-refractivity contribution in [2.45, 2.75) is 71.4 Å². The molecule has 1 saturated heterocycles. The zero-order chi connectivity index (χ0) is 11.8. The normalized spacial score (nSPS) is 22.9. The zero-order valence-corrected chi connectivity index (χ0v) is 11.3. The van der Waals surface area contributed by atoms with Gasteiger partial charge in [-0.15, -0.1) is 0 Å². The second-order valence-electron chi connectivity index (χ2n) is 5.04. The molecule has 1 heterocycles. The van der Waals surface area contributed by atoms with Gasteiger partial charge < -0.3 is 10.1 Å². The summed E-state index contributed by atoms with van der Waals surface area (Å²) in [4.78, 5) is 0. The molecule has 2 unspecified atom stereocenters. The summed E-state index contributed by atoms with van der Waals surface area (Å²) in [6.45, 7) is 8.88. The number of hydrogen-bond donors (Lipinski definition) is 1. The molecule has 0 aromatic rings. The largest absolute Gasteiger partial charge is 0.378 e. The third kappa shape index (κ3) is 4.84. The van der Waals surface area contributed by atoms with Crippen LogP contribution in [0.1, 0.15) is 59.3 Å². The van der Waals surface area contributed by atoms with Gasteiger partial charge in [0.2, 0.25) is 0 Å². The maximum Gasteiger partial charge on any atom is 0.0590 e. The van der Waals surface area contributed by atoms with E-state index in [1.54, 1.807) is 0 Å². The summed E-state index contributed by atoms with van der Waals surface area (Å²) in [5.41, 5.74) is 0. The lowest BCUT2D eigenvalue weighted by molar-refractivity contribution is 0.0914. The van der Waals surface area contributed by atoms with Gasteiger partial charge in [0, 0.05) is 12.6 Å². The molecular weight excluding hydrogens is 198 g/mol. The minimum absolute atomic E-state index is 0.526. The van der Waals surface area contributed by atoms with Crippen LogP contribution in [0, 0.1) is 5.92 Å². The molecule has 1 aliphatic rings. The Morgan fingerprint density at radius 1 is 1.25 bits per heavy atom. The van der Waals surface area contributed by atoms with E-state index in [0.717, 1.165) is 19.1 Å². The maximum atomic E-state index is 5.74. The zero-order valence-electron chi connectivity index (χ0n) is 11.3. The fraction of sp³-hybridized carbons (Fsp3) is 1.00. The van der Waals surface area contributed by atoms with Crippen molar-refractivity contribution in [2.24, 2.45) is 5.92 Å². The number of ether oxygens (including phenoxy) is 1. The number of hydrogen-bond acceptors (Lipinski definition) is 2. The quantitative estimate of drug-likeness (QED) is 0.686. The molecule has 0 amide bonds. The van der Waals surface area contributed by atoms with Crippen LogP contribution >= 0.6 is 0 Å². The van der Waals surface area contributed by atoms with Crippen molar-refractivity contribution in [1.29, 1.82) is 0 Å². The van der Waals surface area contributed by atoms with Crippen molar-refractivity contribution < 1.29 is 4.74 Å². The predicted octanol–water partition coefficient (Wildman–Crippen LogP) is 3.36. The van der Waals surface area contributed by atoms with E-state index in [0.29, 0.717) is 12.1 Å². The van der Waals surface area contributed by atoms with Crippen LogP contribution < -0.4 is 5.32 Å². The maximum absolute atomic E-state index is 5.74. The average molecular weight is 227 g/mol. The van der Waals surface area contributed by atoms with Gasteiger partial charge in [0.05, 0.1) is 6.10 Å². The minimum Gasteiger partial charge on any atom is -0.378 e. The number of nitrogens with one attached hydrogen (secondary N) is 1. The van der Waals surface area contributed by atoms with Crippen LogP contribution in [0.15, 0.2) is 0 Å². The molecular formula is C14H29NO.